The third kappa shape index (κ3) is 5.74. The average molecular weight is 474 g/mol. The fourth-order valence-electron chi connectivity index (χ4n) is 4.26. The lowest BCUT2D eigenvalue weighted by atomic mass is 10.1. The molecule has 2 atom stereocenters. The molecular formula is C24H32FN5O4. The molecule has 1 saturated carbocycles. The highest BCUT2D eigenvalue weighted by Gasteiger charge is 2.40. The molecular weight excluding hydrogens is 441 g/mol. The molecule has 34 heavy (non-hydrogen) atoms. The highest BCUT2D eigenvalue weighted by Crippen LogP contribution is 2.36. The van der Waals surface area contributed by atoms with E-state index < -0.39 is 12.2 Å². The molecule has 2 aliphatic rings. The van der Waals surface area contributed by atoms with Crippen LogP contribution in [0.2, 0.25) is 0 Å². The van der Waals surface area contributed by atoms with Crippen LogP contribution in [-0.2, 0) is 20.8 Å². The average Bonchev–Trinajstić information content (AvgIpc) is 3.59. The Balaban J connectivity index is 1.57. The van der Waals surface area contributed by atoms with Gasteiger partial charge in [0.2, 0.25) is 0 Å². The van der Waals surface area contributed by atoms with Crippen molar-refractivity contribution in [3.8, 4) is 11.3 Å². The van der Waals surface area contributed by atoms with Gasteiger partial charge in [-0.25, -0.2) is 9.18 Å². The predicted molar refractivity (Wildman–Crippen MR) is 124 cm³/mol. The van der Waals surface area contributed by atoms with E-state index in [2.05, 4.69) is 15.4 Å². The Labute approximate surface area is 198 Å². The van der Waals surface area contributed by atoms with Crippen molar-refractivity contribution in [3.05, 3.63) is 41.8 Å². The topological polar surface area (TPSA) is 97.7 Å². The number of ether oxygens (including phenoxy) is 2. The number of morpholine rings is 1. The van der Waals surface area contributed by atoms with Crippen LogP contribution in [0.15, 0.2) is 30.3 Å². The van der Waals surface area contributed by atoms with Gasteiger partial charge >= 0.3 is 6.09 Å². The summed E-state index contributed by atoms with van der Waals surface area (Å²) in [5.41, 5.74) is 2.21. The second-order valence-corrected chi connectivity index (χ2v) is 8.68. The molecule has 1 aromatic carbocycles. The quantitative estimate of drug-likeness (QED) is 0.543. The van der Waals surface area contributed by atoms with E-state index in [4.69, 9.17) is 9.84 Å². The molecule has 2 aromatic rings. The molecule has 2 heterocycles. The molecule has 2 amide bonds. The monoisotopic (exact) mass is 473 g/mol. The van der Waals surface area contributed by atoms with Crippen molar-refractivity contribution in [1.29, 1.82) is 0 Å². The Bertz CT molecular complexity index is 1000. The highest BCUT2D eigenvalue weighted by molar-refractivity contribution is 5.82. The van der Waals surface area contributed by atoms with Gasteiger partial charge in [-0.05, 0) is 44.4 Å². The third-order valence-electron chi connectivity index (χ3n) is 6.16. The van der Waals surface area contributed by atoms with Gasteiger partial charge in [0.15, 0.2) is 0 Å². The van der Waals surface area contributed by atoms with Gasteiger partial charge in [-0.3, -0.25) is 9.48 Å². The largest absolute Gasteiger partial charge is 0.453 e. The number of nitrogens with one attached hydrogen (secondary N) is 2. The zero-order valence-corrected chi connectivity index (χ0v) is 19.6. The minimum absolute atomic E-state index is 0.0219. The van der Waals surface area contributed by atoms with Crippen molar-refractivity contribution in [2.45, 2.75) is 50.9 Å². The number of benzene rings is 1. The zero-order chi connectivity index (χ0) is 24.1. The van der Waals surface area contributed by atoms with Crippen LogP contribution in [0.5, 0.6) is 0 Å². The lowest BCUT2D eigenvalue weighted by molar-refractivity contribution is -0.148. The number of alkyl carbamates (subject to hydrolysis) is 1. The number of aromatic nitrogens is 2. The van der Waals surface area contributed by atoms with Crippen LogP contribution in [0.4, 0.5) is 9.18 Å². The van der Waals surface area contributed by atoms with Gasteiger partial charge < -0.3 is 25.0 Å². The summed E-state index contributed by atoms with van der Waals surface area (Å²) in [5.74, 6) is -0.352. The number of methoxy groups -OCH3 is 1. The number of aryl methyl sites for hydroxylation is 1. The van der Waals surface area contributed by atoms with Crippen molar-refractivity contribution in [2.75, 3.05) is 33.4 Å². The van der Waals surface area contributed by atoms with E-state index in [-0.39, 0.29) is 23.8 Å². The summed E-state index contributed by atoms with van der Waals surface area (Å²) in [6.07, 6.45) is 1.56. The van der Waals surface area contributed by atoms with Crippen molar-refractivity contribution in [2.24, 2.45) is 0 Å². The number of hydrogen-bond acceptors (Lipinski definition) is 6. The van der Waals surface area contributed by atoms with Crippen LogP contribution >= 0.6 is 0 Å². The van der Waals surface area contributed by atoms with Crippen LogP contribution in [0.25, 0.3) is 11.3 Å². The second kappa shape index (κ2) is 11.0. The first-order valence-electron chi connectivity index (χ1n) is 11.8. The van der Waals surface area contributed by atoms with Gasteiger partial charge in [0.25, 0.3) is 5.91 Å². The van der Waals surface area contributed by atoms with Gasteiger partial charge in [-0.2, -0.15) is 5.10 Å². The number of amides is 2. The normalized spacial score (nSPS) is 18.9. The van der Waals surface area contributed by atoms with E-state index in [0.29, 0.717) is 38.2 Å². The van der Waals surface area contributed by atoms with Gasteiger partial charge in [-0.15, -0.1) is 0 Å². The zero-order valence-electron chi connectivity index (χ0n) is 19.6. The molecule has 1 aliphatic heterocycles. The van der Waals surface area contributed by atoms with Crippen molar-refractivity contribution >= 4 is 12.0 Å². The molecule has 0 spiro atoms. The minimum Gasteiger partial charge on any atom is -0.453 e. The Morgan fingerprint density at radius 2 is 2.21 bits per heavy atom. The summed E-state index contributed by atoms with van der Waals surface area (Å²) in [4.78, 5) is 26.6. The van der Waals surface area contributed by atoms with E-state index in [9.17, 15) is 14.0 Å². The smallest absolute Gasteiger partial charge is 0.406 e. The van der Waals surface area contributed by atoms with Crippen molar-refractivity contribution < 1.29 is 23.5 Å². The summed E-state index contributed by atoms with van der Waals surface area (Å²) < 4.78 is 26.1. The lowest BCUT2D eigenvalue weighted by Gasteiger charge is -2.33. The number of rotatable bonds is 9. The summed E-state index contributed by atoms with van der Waals surface area (Å²) in [7, 11) is 1.32. The number of hydrogen-bond donors (Lipinski definition) is 2. The standard InChI is InChI=1S/C24H32FN5O4/c1-16(30(19-7-8-19)23(31)22-15-26-10-12-34-22)20-14-21(17-5-3-6-18(25)13-17)29(28-20)11-4-9-27-24(32)33-2/h3,5-6,13-14,16,19,22,26H,4,7-12,15H2,1-2H3,(H,27,32)/t16-,22-/m1/s1. The number of halogens is 1. The second-order valence-electron chi connectivity index (χ2n) is 8.68. The molecule has 2 fully saturated rings. The summed E-state index contributed by atoms with van der Waals surface area (Å²) in [6.45, 7) is 4.67. The van der Waals surface area contributed by atoms with Crippen LogP contribution in [0.3, 0.4) is 0 Å². The first-order valence-corrected chi connectivity index (χ1v) is 11.8. The van der Waals surface area contributed by atoms with Gasteiger partial charge in [-0.1, -0.05) is 12.1 Å². The summed E-state index contributed by atoms with van der Waals surface area (Å²) >= 11 is 0. The number of carbonyl (C=O) groups excluding carboxylic acids is 2. The SMILES string of the molecule is COC(=O)NCCCn1nc([C@@H](C)N(C(=O)[C@H]2CNCCO2)C2CC2)cc1-c1cccc(F)c1. The van der Waals surface area contributed by atoms with Crippen molar-refractivity contribution in [1.82, 2.24) is 25.3 Å². The Kier molecular flexibility index (Phi) is 7.79. The number of nitrogens with zero attached hydrogens (tertiary/aromatic N) is 3. The maximum atomic E-state index is 14.0. The first kappa shape index (κ1) is 24.2. The van der Waals surface area contributed by atoms with E-state index in [0.717, 1.165) is 30.8 Å². The fourth-order valence-corrected chi connectivity index (χ4v) is 4.26. The molecule has 10 heteroatoms. The number of carbonyl (C=O) groups is 2. The van der Waals surface area contributed by atoms with E-state index in [1.807, 2.05) is 28.6 Å². The van der Waals surface area contributed by atoms with Crippen molar-refractivity contribution in [3.63, 3.8) is 0 Å². The van der Waals surface area contributed by atoms with E-state index in [1.165, 1.54) is 19.2 Å². The Morgan fingerprint density at radius 3 is 2.88 bits per heavy atom. The summed E-state index contributed by atoms with van der Waals surface area (Å²) in [5, 5.41) is 10.7. The molecule has 0 bridgehead atoms. The molecule has 1 saturated heterocycles. The summed E-state index contributed by atoms with van der Waals surface area (Å²) in [6, 6.07) is 8.23. The molecule has 1 aromatic heterocycles. The maximum absolute atomic E-state index is 14.0. The van der Waals surface area contributed by atoms with Gasteiger partial charge in [0.05, 0.1) is 31.1 Å². The third-order valence-corrected chi connectivity index (χ3v) is 6.16. The lowest BCUT2D eigenvalue weighted by Crippen LogP contribution is -2.50. The van der Waals surface area contributed by atoms with Crippen LogP contribution in [0.1, 0.15) is 37.9 Å². The molecule has 2 N–H and O–H groups in total. The van der Waals surface area contributed by atoms with Gasteiger partial charge in [0, 0.05) is 37.8 Å². The Morgan fingerprint density at radius 1 is 1.38 bits per heavy atom. The van der Waals surface area contributed by atoms with Crippen LogP contribution < -0.4 is 10.6 Å². The minimum atomic E-state index is -0.494. The van der Waals surface area contributed by atoms with Gasteiger partial charge in [0.1, 0.15) is 11.9 Å². The molecule has 4 rings (SSSR count). The molecule has 1 aliphatic carbocycles. The molecule has 184 valence electrons. The van der Waals surface area contributed by atoms with Crippen LogP contribution in [0, 0.1) is 5.82 Å². The highest BCUT2D eigenvalue weighted by atomic mass is 19.1. The van der Waals surface area contributed by atoms with E-state index >= 15 is 0 Å². The maximum Gasteiger partial charge on any atom is 0.406 e. The molecule has 0 unspecified atom stereocenters. The molecule has 0 radical (unpaired) electrons. The predicted octanol–water partition coefficient (Wildman–Crippen LogP) is 2.48. The first-order chi connectivity index (χ1) is 16.5. The van der Waals surface area contributed by atoms with Crippen LogP contribution in [-0.4, -0.2) is 72.2 Å². The molecule has 9 nitrogen and oxygen atoms in total. The fraction of sp³-hybridized carbons (Fsp3) is 0.542. The van der Waals surface area contributed by atoms with E-state index in [1.54, 1.807) is 6.07 Å². The Hall–Kier alpha value is -2.98.